The highest BCUT2D eigenvalue weighted by Gasteiger charge is 2.22. The van der Waals surface area contributed by atoms with E-state index >= 15 is 0 Å². The van der Waals surface area contributed by atoms with Gasteiger partial charge < -0.3 is 15.4 Å². The van der Waals surface area contributed by atoms with Gasteiger partial charge in [0.2, 0.25) is 0 Å². The lowest BCUT2D eigenvalue weighted by Gasteiger charge is -2.20. The molecule has 0 fully saturated rings. The van der Waals surface area contributed by atoms with Gasteiger partial charge in [-0.05, 0) is 39.8 Å². The Labute approximate surface area is 123 Å². The molecule has 0 aromatic heterocycles. The number of hydrogen-bond donors (Lipinski definition) is 2. The molecule has 0 saturated heterocycles. The first kappa shape index (κ1) is 16.7. The summed E-state index contributed by atoms with van der Waals surface area (Å²) in [4.78, 5) is 35.3. The van der Waals surface area contributed by atoms with Gasteiger partial charge in [-0.15, -0.1) is 0 Å². The molecule has 0 bridgehead atoms. The number of rotatable bonds is 3. The van der Waals surface area contributed by atoms with Crippen LogP contribution in [0.1, 0.15) is 38.1 Å². The van der Waals surface area contributed by atoms with Crippen LogP contribution in [-0.4, -0.2) is 29.9 Å². The highest BCUT2D eigenvalue weighted by atomic mass is 16.5. The average Bonchev–Trinajstić information content (AvgIpc) is 2.37. The SMILES string of the molecule is CCOC(=O)c1ccccc1NC(=O)C(=O)NC(C)(C)C. The number of para-hydroxylation sites is 1. The minimum Gasteiger partial charge on any atom is -0.462 e. The molecular weight excluding hydrogens is 272 g/mol. The highest BCUT2D eigenvalue weighted by Crippen LogP contribution is 2.16. The van der Waals surface area contributed by atoms with Crippen LogP contribution in [0.3, 0.4) is 0 Å². The monoisotopic (exact) mass is 292 g/mol. The third-order valence-electron chi connectivity index (χ3n) is 2.37. The van der Waals surface area contributed by atoms with Crippen molar-refractivity contribution in [1.29, 1.82) is 0 Å². The van der Waals surface area contributed by atoms with Crippen LogP contribution >= 0.6 is 0 Å². The summed E-state index contributed by atoms with van der Waals surface area (Å²) >= 11 is 0. The molecule has 1 aromatic rings. The van der Waals surface area contributed by atoms with E-state index in [0.29, 0.717) is 0 Å². The summed E-state index contributed by atoms with van der Waals surface area (Å²) in [6.07, 6.45) is 0. The summed E-state index contributed by atoms with van der Waals surface area (Å²) < 4.78 is 4.90. The van der Waals surface area contributed by atoms with Gasteiger partial charge in [-0.2, -0.15) is 0 Å². The molecule has 0 heterocycles. The van der Waals surface area contributed by atoms with Crippen molar-refractivity contribution in [3.05, 3.63) is 29.8 Å². The standard InChI is InChI=1S/C15H20N2O4/c1-5-21-14(20)10-8-6-7-9-11(10)16-12(18)13(19)17-15(2,3)4/h6-9H,5H2,1-4H3,(H,16,18)(H,17,19). The summed E-state index contributed by atoms with van der Waals surface area (Å²) in [6.45, 7) is 7.22. The second-order valence-corrected chi connectivity index (χ2v) is 5.42. The number of carbonyl (C=O) groups is 3. The van der Waals surface area contributed by atoms with Crippen molar-refractivity contribution in [2.24, 2.45) is 0 Å². The van der Waals surface area contributed by atoms with E-state index in [0.717, 1.165) is 0 Å². The van der Waals surface area contributed by atoms with Gasteiger partial charge in [0.05, 0.1) is 17.9 Å². The van der Waals surface area contributed by atoms with Crippen LogP contribution in [0.5, 0.6) is 0 Å². The third-order valence-corrected chi connectivity index (χ3v) is 2.37. The van der Waals surface area contributed by atoms with Crippen LogP contribution in [-0.2, 0) is 14.3 Å². The number of hydrogen-bond acceptors (Lipinski definition) is 4. The zero-order chi connectivity index (χ0) is 16.0. The molecule has 6 nitrogen and oxygen atoms in total. The maximum absolute atomic E-state index is 11.8. The average molecular weight is 292 g/mol. The van der Waals surface area contributed by atoms with Crippen LogP contribution < -0.4 is 10.6 Å². The number of esters is 1. The molecule has 2 N–H and O–H groups in total. The van der Waals surface area contributed by atoms with Crippen LogP contribution in [0.2, 0.25) is 0 Å². The first-order valence-corrected chi connectivity index (χ1v) is 6.64. The largest absolute Gasteiger partial charge is 0.462 e. The molecule has 0 aliphatic carbocycles. The van der Waals surface area contributed by atoms with E-state index < -0.39 is 23.3 Å². The lowest BCUT2D eigenvalue weighted by molar-refractivity contribution is -0.137. The fourth-order valence-electron chi connectivity index (χ4n) is 1.56. The number of benzene rings is 1. The fourth-order valence-corrected chi connectivity index (χ4v) is 1.56. The number of nitrogens with one attached hydrogen (secondary N) is 2. The molecule has 0 unspecified atom stereocenters. The number of amides is 2. The molecule has 0 aliphatic rings. The molecule has 0 atom stereocenters. The Morgan fingerprint density at radius 3 is 2.29 bits per heavy atom. The molecule has 1 rings (SSSR count). The van der Waals surface area contributed by atoms with Crippen LogP contribution in [0.4, 0.5) is 5.69 Å². The van der Waals surface area contributed by atoms with Crippen molar-refractivity contribution in [3.63, 3.8) is 0 Å². The van der Waals surface area contributed by atoms with Gasteiger partial charge in [-0.25, -0.2) is 4.79 Å². The van der Waals surface area contributed by atoms with Crippen LogP contribution in [0.15, 0.2) is 24.3 Å². The summed E-state index contributed by atoms with van der Waals surface area (Å²) in [5, 5.41) is 4.97. The van der Waals surface area contributed by atoms with Gasteiger partial charge in [0.1, 0.15) is 0 Å². The zero-order valence-electron chi connectivity index (χ0n) is 12.6. The fraction of sp³-hybridized carbons (Fsp3) is 0.400. The number of anilines is 1. The van der Waals surface area contributed by atoms with E-state index in [1.165, 1.54) is 12.1 Å². The molecule has 114 valence electrons. The van der Waals surface area contributed by atoms with E-state index in [2.05, 4.69) is 10.6 Å². The molecule has 0 radical (unpaired) electrons. The Bertz CT molecular complexity index is 547. The van der Waals surface area contributed by atoms with Gasteiger partial charge in [0.25, 0.3) is 0 Å². The van der Waals surface area contributed by atoms with Gasteiger partial charge in [0, 0.05) is 5.54 Å². The Hall–Kier alpha value is -2.37. The second kappa shape index (κ2) is 6.88. The first-order chi connectivity index (χ1) is 9.74. The Kier molecular flexibility index (Phi) is 5.46. The van der Waals surface area contributed by atoms with Gasteiger partial charge in [-0.1, -0.05) is 12.1 Å². The van der Waals surface area contributed by atoms with E-state index in [1.54, 1.807) is 39.8 Å². The molecule has 1 aromatic carbocycles. The molecular formula is C15H20N2O4. The van der Waals surface area contributed by atoms with Crippen LogP contribution in [0, 0.1) is 0 Å². The third kappa shape index (κ3) is 5.25. The summed E-state index contributed by atoms with van der Waals surface area (Å²) in [7, 11) is 0. The van der Waals surface area contributed by atoms with Gasteiger partial charge in [-0.3, -0.25) is 9.59 Å². The normalized spacial score (nSPS) is 10.7. The van der Waals surface area contributed by atoms with E-state index in [-0.39, 0.29) is 17.9 Å². The van der Waals surface area contributed by atoms with Crippen molar-refractivity contribution in [2.75, 3.05) is 11.9 Å². The second-order valence-electron chi connectivity index (χ2n) is 5.42. The number of ether oxygens (including phenoxy) is 1. The summed E-state index contributed by atoms with van der Waals surface area (Å²) in [5.74, 6) is -2.15. The smallest absolute Gasteiger partial charge is 0.340 e. The van der Waals surface area contributed by atoms with Crippen LogP contribution in [0.25, 0.3) is 0 Å². The Balaban J connectivity index is 2.86. The molecule has 0 aliphatic heterocycles. The minimum absolute atomic E-state index is 0.205. The molecule has 6 heteroatoms. The van der Waals surface area contributed by atoms with E-state index in [9.17, 15) is 14.4 Å². The topological polar surface area (TPSA) is 84.5 Å². The van der Waals surface area contributed by atoms with E-state index in [4.69, 9.17) is 4.74 Å². The molecule has 0 spiro atoms. The van der Waals surface area contributed by atoms with Crippen molar-refractivity contribution < 1.29 is 19.1 Å². The number of carbonyl (C=O) groups excluding carboxylic acids is 3. The Morgan fingerprint density at radius 1 is 1.10 bits per heavy atom. The summed E-state index contributed by atoms with van der Waals surface area (Å²) in [5.41, 5.74) is -0.0731. The van der Waals surface area contributed by atoms with Gasteiger partial charge in [0.15, 0.2) is 0 Å². The first-order valence-electron chi connectivity index (χ1n) is 6.64. The lowest BCUT2D eigenvalue weighted by atomic mass is 10.1. The predicted octanol–water partition coefficient (Wildman–Crippen LogP) is 1.72. The maximum Gasteiger partial charge on any atom is 0.340 e. The van der Waals surface area contributed by atoms with Gasteiger partial charge >= 0.3 is 17.8 Å². The minimum atomic E-state index is -0.832. The quantitative estimate of drug-likeness (QED) is 0.656. The predicted molar refractivity (Wildman–Crippen MR) is 78.9 cm³/mol. The molecule has 0 saturated carbocycles. The van der Waals surface area contributed by atoms with Crippen molar-refractivity contribution >= 4 is 23.5 Å². The van der Waals surface area contributed by atoms with Crippen molar-refractivity contribution in [3.8, 4) is 0 Å². The van der Waals surface area contributed by atoms with Crippen molar-refractivity contribution in [2.45, 2.75) is 33.2 Å². The maximum atomic E-state index is 11.8. The zero-order valence-corrected chi connectivity index (χ0v) is 12.6. The molecule has 21 heavy (non-hydrogen) atoms. The van der Waals surface area contributed by atoms with E-state index in [1.807, 2.05) is 0 Å². The highest BCUT2D eigenvalue weighted by molar-refractivity contribution is 6.40. The molecule has 2 amide bonds. The lowest BCUT2D eigenvalue weighted by Crippen LogP contribution is -2.46. The van der Waals surface area contributed by atoms with Crippen molar-refractivity contribution in [1.82, 2.24) is 5.32 Å². The Morgan fingerprint density at radius 2 is 1.71 bits per heavy atom. The summed E-state index contributed by atoms with van der Waals surface area (Å²) in [6, 6.07) is 6.36.